The highest BCUT2D eigenvalue weighted by Gasteiger charge is 2.34. The van der Waals surface area contributed by atoms with E-state index in [1.807, 2.05) is 18.2 Å². The number of carbonyl (C=O) groups excluding carboxylic acids is 1. The smallest absolute Gasteiger partial charge is 0.265 e. The quantitative estimate of drug-likeness (QED) is 0.602. The molecule has 0 unspecified atom stereocenters. The Morgan fingerprint density at radius 3 is 2.69 bits per heavy atom. The van der Waals surface area contributed by atoms with Crippen LogP contribution in [0.2, 0.25) is 0 Å². The fourth-order valence-electron chi connectivity index (χ4n) is 3.92. The molecular formula is C24H20N2O5S. The van der Waals surface area contributed by atoms with Crippen LogP contribution in [0.5, 0.6) is 11.5 Å². The van der Waals surface area contributed by atoms with Crippen molar-refractivity contribution in [3.05, 3.63) is 84.4 Å². The number of hydrogen-bond donors (Lipinski definition) is 1. The number of anilines is 1. The van der Waals surface area contributed by atoms with Crippen molar-refractivity contribution in [1.29, 1.82) is 0 Å². The summed E-state index contributed by atoms with van der Waals surface area (Å²) in [5.41, 5.74) is 3.11. The maximum absolute atomic E-state index is 13.1. The predicted molar refractivity (Wildman–Crippen MR) is 120 cm³/mol. The SMILES string of the molecule is C=CCN1c2ccc(C(=O)NCc3ccc4c(c3)OCO4)cc2-c2ccccc2S1(=O)=O. The first kappa shape index (κ1) is 20.1. The van der Waals surface area contributed by atoms with E-state index >= 15 is 0 Å². The maximum Gasteiger partial charge on any atom is 0.265 e. The van der Waals surface area contributed by atoms with Gasteiger partial charge in [-0.3, -0.25) is 9.10 Å². The van der Waals surface area contributed by atoms with Gasteiger partial charge in [-0.1, -0.05) is 30.3 Å². The van der Waals surface area contributed by atoms with E-state index in [1.165, 1.54) is 4.31 Å². The highest BCUT2D eigenvalue weighted by atomic mass is 32.2. The van der Waals surface area contributed by atoms with Crippen molar-refractivity contribution in [3.63, 3.8) is 0 Å². The standard InChI is InChI=1S/C24H20N2O5S/c1-2-11-26-20-9-8-17(13-19(20)18-5-3-4-6-23(18)32(26,28)29)24(27)25-14-16-7-10-21-22(12-16)31-15-30-21/h2-10,12-13H,1,11,14-15H2,(H,25,27). The molecule has 0 aliphatic carbocycles. The molecule has 0 spiro atoms. The van der Waals surface area contributed by atoms with E-state index in [4.69, 9.17) is 9.47 Å². The lowest BCUT2D eigenvalue weighted by Gasteiger charge is -2.31. The summed E-state index contributed by atoms with van der Waals surface area (Å²) in [6.45, 7) is 4.34. The van der Waals surface area contributed by atoms with Gasteiger partial charge < -0.3 is 14.8 Å². The van der Waals surface area contributed by atoms with Gasteiger partial charge in [0.25, 0.3) is 15.9 Å². The van der Waals surface area contributed by atoms with Crippen LogP contribution in [0.4, 0.5) is 5.69 Å². The summed E-state index contributed by atoms with van der Waals surface area (Å²) in [6, 6.07) is 17.4. The lowest BCUT2D eigenvalue weighted by molar-refractivity contribution is 0.0951. The third kappa shape index (κ3) is 3.29. The van der Waals surface area contributed by atoms with Crippen molar-refractivity contribution < 1.29 is 22.7 Å². The first-order valence-electron chi connectivity index (χ1n) is 10.0. The number of fused-ring (bicyclic) bond motifs is 4. The topological polar surface area (TPSA) is 84.9 Å². The van der Waals surface area contributed by atoms with Crippen LogP contribution in [-0.4, -0.2) is 27.7 Å². The molecule has 0 saturated heterocycles. The van der Waals surface area contributed by atoms with E-state index in [2.05, 4.69) is 11.9 Å². The van der Waals surface area contributed by atoms with E-state index in [1.54, 1.807) is 48.5 Å². The largest absolute Gasteiger partial charge is 0.454 e. The molecule has 0 saturated carbocycles. The van der Waals surface area contributed by atoms with Gasteiger partial charge in [-0.2, -0.15) is 0 Å². The van der Waals surface area contributed by atoms with Crippen molar-refractivity contribution in [2.24, 2.45) is 0 Å². The highest BCUT2D eigenvalue weighted by Crippen LogP contribution is 2.43. The first-order valence-corrected chi connectivity index (χ1v) is 11.5. The molecule has 1 N–H and O–H groups in total. The Morgan fingerprint density at radius 1 is 1.03 bits per heavy atom. The van der Waals surface area contributed by atoms with Crippen molar-refractivity contribution in [3.8, 4) is 22.6 Å². The summed E-state index contributed by atoms with van der Waals surface area (Å²) in [7, 11) is -3.70. The van der Waals surface area contributed by atoms with E-state index in [9.17, 15) is 13.2 Å². The Balaban J connectivity index is 1.45. The van der Waals surface area contributed by atoms with Crippen molar-refractivity contribution in [1.82, 2.24) is 5.32 Å². The minimum absolute atomic E-state index is 0.138. The number of rotatable bonds is 5. The van der Waals surface area contributed by atoms with E-state index in [0.717, 1.165) is 5.56 Å². The summed E-state index contributed by atoms with van der Waals surface area (Å²) >= 11 is 0. The van der Waals surface area contributed by atoms with Crippen LogP contribution in [-0.2, 0) is 16.6 Å². The molecule has 0 atom stereocenters. The average molecular weight is 449 g/mol. The molecule has 3 aromatic carbocycles. The molecule has 5 rings (SSSR count). The molecule has 8 heteroatoms. The molecule has 2 heterocycles. The zero-order valence-electron chi connectivity index (χ0n) is 17.1. The molecule has 1 amide bonds. The first-order chi connectivity index (χ1) is 15.5. The van der Waals surface area contributed by atoms with Crippen molar-refractivity contribution in [2.45, 2.75) is 11.4 Å². The monoisotopic (exact) mass is 448 g/mol. The summed E-state index contributed by atoms with van der Waals surface area (Å²) in [5, 5.41) is 2.91. The van der Waals surface area contributed by atoms with E-state index < -0.39 is 10.0 Å². The second kappa shape index (κ2) is 7.72. The predicted octanol–water partition coefficient (Wildman–Crippen LogP) is 3.71. The molecule has 0 fully saturated rings. The molecule has 0 bridgehead atoms. The number of hydrogen-bond acceptors (Lipinski definition) is 5. The fraction of sp³-hybridized carbons (Fsp3) is 0.125. The van der Waals surface area contributed by atoms with Crippen LogP contribution in [0.3, 0.4) is 0 Å². The van der Waals surface area contributed by atoms with E-state index in [0.29, 0.717) is 40.4 Å². The Morgan fingerprint density at radius 2 is 1.84 bits per heavy atom. The molecule has 2 aliphatic heterocycles. The van der Waals surface area contributed by atoms with Crippen LogP contribution in [0.15, 0.2) is 78.2 Å². The summed E-state index contributed by atoms with van der Waals surface area (Å²) in [6.07, 6.45) is 1.54. The number of ether oxygens (including phenoxy) is 2. The van der Waals surface area contributed by atoms with Crippen LogP contribution >= 0.6 is 0 Å². The van der Waals surface area contributed by atoms with Gasteiger partial charge in [0.15, 0.2) is 11.5 Å². The van der Waals surface area contributed by atoms with Gasteiger partial charge in [0.2, 0.25) is 6.79 Å². The van der Waals surface area contributed by atoms with Gasteiger partial charge >= 0.3 is 0 Å². The minimum atomic E-state index is -3.70. The number of nitrogens with zero attached hydrogens (tertiary/aromatic N) is 1. The second-order valence-corrected chi connectivity index (χ2v) is 9.25. The molecule has 0 radical (unpaired) electrons. The van der Waals surface area contributed by atoms with Gasteiger partial charge in [0, 0.05) is 23.2 Å². The molecule has 7 nitrogen and oxygen atoms in total. The summed E-state index contributed by atoms with van der Waals surface area (Å²) < 4.78 is 38.2. The van der Waals surface area contributed by atoms with Crippen molar-refractivity contribution >= 4 is 21.6 Å². The summed E-state index contributed by atoms with van der Waals surface area (Å²) in [5.74, 6) is 1.09. The lowest BCUT2D eigenvalue weighted by Crippen LogP contribution is -2.34. The van der Waals surface area contributed by atoms with Crippen LogP contribution in [0, 0.1) is 0 Å². The molecule has 162 valence electrons. The Bertz CT molecular complexity index is 1350. The number of sulfonamides is 1. The zero-order valence-corrected chi connectivity index (χ0v) is 17.9. The second-order valence-electron chi connectivity index (χ2n) is 7.42. The number of nitrogens with one attached hydrogen (secondary N) is 1. The molecule has 32 heavy (non-hydrogen) atoms. The van der Waals surface area contributed by atoms with Crippen LogP contribution in [0.1, 0.15) is 15.9 Å². The average Bonchev–Trinajstić information content (AvgIpc) is 3.28. The van der Waals surface area contributed by atoms with Crippen molar-refractivity contribution in [2.75, 3.05) is 17.6 Å². The van der Waals surface area contributed by atoms with E-state index in [-0.39, 0.29) is 24.1 Å². The summed E-state index contributed by atoms with van der Waals surface area (Å²) in [4.78, 5) is 13.1. The van der Waals surface area contributed by atoms with Gasteiger partial charge in [0.05, 0.1) is 17.1 Å². The number of carbonyl (C=O) groups is 1. The number of benzene rings is 3. The fourth-order valence-corrected chi connectivity index (χ4v) is 5.59. The molecular weight excluding hydrogens is 428 g/mol. The lowest BCUT2D eigenvalue weighted by atomic mass is 10.00. The van der Waals surface area contributed by atoms with Gasteiger partial charge in [-0.05, 0) is 42.0 Å². The highest BCUT2D eigenvalue weighted by molar-refractivity contribution is 7.93. The normalized spacial score (nSPS) is 14.9. The molecule has 0 aromatic heterocycles. The van der Waals surface area contributed by atoms with Crippen LogP contribution in [0.25, 0.3) is 11.1 Å². The minimum Gasteiger partial charge on any atom is -0.454 e. The van der Waals surface area contributed by atoms with Gasteiger partial charge in [-0.25, -0.2) is 8.42 Å². The number of amides is 1. The Kier molecular flexibility index (Phi) is 4.86. The third-order valence-corrected chi connectivity index (χ3v) is 7.30. The van der Waals surface area contributed by atoms with Gasteiger partial charge in [-0.15, -0.1) is 6.58 Å². The molecule has 2 aliphatic rings. The Labute approximate surface area is 185 Å². The Hall–Kier alpha value is -3.78. The zero-order chi connectivity index (χ0) is 22.3. The van der Waals surface area contributed by atoms with Gasteiger partial charge in [0.1, 0.15) is 0 Å². The van der Waals surface area contributed by atoms with Crippen LogP contribution < -0.4 is 19.1 Å². The third-order valence-electron chi connectivity index (χ3n) is 5.46. The molecule has 3 aromatic rings. The maximum atomic E-state index is 13.1.